The highest BCUT2D eigenvalue weighted by Crippen LogP contribution is 2.48. The van der Waals surface area contributed by atoms with E-state index in [1.54, 1.807) is 0 Å². The summed E-state index contributed by atoms with van der Waals surface area (Å²) in [5.41, 5.74) is 7.17. The van der Waals surface area contributed by atoms with Crippen LogP contribution in [0.3, 0.4) is 0 Å². The van der Waals surface area contributed by atoms with Gasteiger partial charge in [-0.3, -0.25) is 0 Å². The summed E-state index contributed by atoms with van der Waals surface area (Å²) in [5, 5.41) is 0.605. The summed E-state index contributed by atoms with van der Waals surface area (Å²) in [7, 11) is 0. The van der Waals surface area contributed by atoms with Crippen molar-refractivity contribution in [1.82, 2.24) is 0 Å². The average molecular weight is 254 g/mol. The molecule has 0 amide bonds. The van der Waals surface area contributed by atoms with Crippen LogP contribution in [-0.2, 0) is 5.54 Å². The third-order valence-corrected chi connectivity index (χ3v) is 3.93. The van der Waals surface area contributed by atoms with Gasteiger partial charge < -0.3 is 15.2 Å². The zero-order chi connectivity index (χ0) is 11.9. The van der Waals surface area contributed by atoms with E-state index in [9.17, 15) is 0 Å². The van der Waals surface area contributed by atoms with Gasteiger partial charge in [0.05, 0.1) is 18.2 Å². The maximum Gasteiger partial charge on any atom is 0.180 e. The maximum absolute atomic E-state index is 6.37. The molecule has 2 aliphatic rings. The summed E-state index contributed by atoms with van der Waals surface area (Å²) in [6, 6.07) is 3.84. The molecule has 17 heavy (non-hydrogen) atoms. The van der Waals surface area contributed by atoms with Crippen molar-refractivity contribution in [3.05, 3.63) is 22.7 Å². The van der Waals surface area contributed by atoms with Crippen molar-refractivity contribution in [1.29, 1.82) is 0 Å². The van der Waals surface area contributed by atoms with Crippen LogP contribution in [0.5, 0.6) is 11.5 Å². The predicted molar refractivity (Wildman–Crippen MR) is 66.8 cm³/mol. The van der Waals surface area contributed by atoms with Crippen LogP contribution in [0.4, 0.5) is 0 Å². The third-order valence-electron chi connectivity index (χ3n) is 3.63. The molecule has 1 aromatic carbocycles. The zero-order valence-corrected chi connectivity index (χ0v) is 10.4. The summed E-state index contributed by atoms with van der Waals surface area (Å²) in [4.78, 5) is 0. The van der Waals surface area contributed by atoms with Crippen LogP contribution >= 0.6 is 11.6 Å². The van der Waals surface area contributed by atoms with Gasteiger partial charge in [-0.2, -0.15) is 0 Å². The summed E-state index contributed by atoms with van der Waals surface area (Å²) < 4.78 is 11.5. The smallest absolute Gasteiger partial charge is 0.180 e. The Morgan fingerprint density at radius 1 is 1.06 bits per heavy atom. The molecule has 3 nitrogen and oxygen atoms in total. The molecule has 0 radical (unpaired) electrons. The number of ether oxygens (including phenoxy) is 2. The second kappa shape index (κ2) is 4.07. The number of benzene rings is 1. The van der Waals surface area contributed by atoms with E-state index in [1.807, 2.05) is 12.1 Å². The topological polar surface area (TPSA) is 44.5 Å². The molecule has 1 aromatic rings. The fraction of sp³-hybridized carbons (Fsp3) is 0.538. The molecule has 0 spiro atoms. The summed E-state index contributed by atoms with van der Waals surface area (Å²) in [6.07, 6.45) is 4.06. The Morgan fingerprint density at radius 2 is 1.76 bits per heavy atom. The van der Waals surface area contributed by atoms with Crippen molar-refractivity contribution in [2.45, 2.75) is 31.2 Å². The summed E-state index contributed by atoms with van der Waals surface area (Å²) in [6.45, 7) is 1.31. The first kappa shape index (κ1) is 11.2. The highest BCUT2D eigenvalue weighted by atomic mass is 35.5. The molecule has 0 unspecified atom stereocenters. The van der Waals surface area contributed by atoms with E-state index in [1.165, 1.54) is 6.42 Å². The number of halogens is 1. The molecule has 2 N–H and O–H groups in total. The van der Waals surface area contributed by atoms with Crippen LogP contribution in [0.25, 0.3) is 0 Å². The summed E-state index contributed by atoms with van der Waals surface area (Å²) in [5.74, 6) is 1.43. The fourth-order valence-corrected chi connectivity index (χ4v) is 2.65. The number of rotatable bonds is 1. The van der Waals surface area contributed by atoms with Gasteiger partial charge in [-0.15, -0.1) is 0 Å². The lowest BCUT2D eigenvalue weighted by Gasteiger charge is -2.39. The van der Waals surface area contributed by atoms with Gasteiger partial charge in [-0.25, -0.2) is 0 Å². The minimum absolute atomic E-state index is 0.248. The average Bonchev–Trinajstić information content (AvgIpc) is 2.53. The maximum atomic E-state index is 6.37. The molecule has 92 valence electrons. The van der Waals surface area contributed by atoms with E-state index >= 15 is 0 Å². The van der Waals surface area contributed by atoms with Crippen molar-refractivity contribution in [2.24, 2.45) is 5.73 Å². The van der Waals surface area contributed by atoms with Crippen LogP contribution < -0.4 is 15.2 Å². The Balaban J connectivity index is 2.10. The number of hydrogen-bond donors (Lipinski definition) is 1. The molecule has 0 aromatic heterocycles. The normalized spacial score (nSPS) is 21.5. The first-order valence-corrected chi connectivity index (χ1v) is 6.46. The van der Waals surface area contributed by atoms with Gasteiger partial charge in [0.2, 0.25) is 0 Å². The van der Waals surface area contributed by atoms with Gasteiger partial charge in [0, 0.05) is 17.5 Å². The Labute approximate surface area is 106 Å². The summed E-state index contributed by atoms with van der Waals surface area (Å²) >= 11 is 6.15. The lowest BCUT2D eigenvalue weighted by molar-refractivity contribution is 0.236. The predicted octanol–water partition coefficient (Wildman–Crippen LogP) is 2.84. The molecule has 3 rings (SSSR count). The van der Waals surface area contributed by atoms with E-state index in [0.29, 0.717) is 24.0 Å². The van der Waals surface area contributed by atoms with Crippen molar-refractivity contribution >= 4 is 11.6 Å². The lowest BCUT2D eigenvalue weighted by Crippen LogP contribution is -2.43. The van der Waals surface area contributed by atoms with Gasteiger partial charge in [-0.1, -0.05) is 17.7 Å². The SMILES string of the molecule is NC1(c2ccc(Cl)c3c2OCCCO3)CCC1. The highest BCUT2D eigenvalue weighted by molar-refractivity contribution is 6.32. The fourth-order valence-electron chi connectivity index (χ4n) is 2.44. The van der Waals surface area contributed by atoms with Gasteiger partial charge in [0.25, 0.3) is 0 Å². The Hall–Kier alpha value is -0.930. The van der Waals surface area contributed by atoms with Crippen molar-refractivity contribution in [2.75, 3.05) is 13.2 Å². The van der Waals surface area contributed by atoms with Gasteiger partial charge in [0.1, 0.15) is 0 Å². The van der Waals surface area contributed by atoms with Crippen LogP contribution in [0.15, 0.2) is 12.1 Å². The van der Waals surface area contributed by atoms with Crippen molar-refractivity contribution in [3.63, 3.8) is 0 Å². The quantitative estimate of drug-likeness (QED) is 0.837. The monoisotopic (exact) mass is 253 g/mol. The molecule has 0 bridgehead atoms. The Kier molecular flexibility index (Phi) is 2.68. The Bertz CT molecular complexity index is 443. The van der Waals surface area contributed by atoms with E-state index in [-0.39, 0.29) is 5.54 Å². The second-order valence-corrected chi connectivity index (χ2v) is 5.22. The molecule has 0 atom stereocenters. The third kappa shape index (κ3) is 1.78. The van der Waals surface area contributed by atoms with E-state index in [2.05, 4.69) is 0 Å². The van der Waals surface area contributed by atoms with Gasteiger partial charge in [0.15, 0.2) is 11.5 Å². The van der Waals surface area contributed by atoms with Crippen molar-refractivity contribution in [3.8, 4) is 11.5 Å². The highest BCUT2D eigenvalue weighted by Gasteiger charge is 2.38. The number of nitrogens with two attached hydrogens (primary N) is 1. The van der Waals surface area contributed by atoms with E-state index < -0.39 is 0 Å². The molecule has 4 heteroatoms. The molecule has 1 heterocycles. The molecular weight excluding hydrogens is 238 g/mol. The van der Waals surface area contributed by atoms with Crippen LogP contribution in [0, 0.1) is 0 Å². The van der Waals surface area contributed by atoms with E-state index in [0.717, 1.165) is 30.6 Å². The zero-order valence-electron chi connectivity index (χ0n) is 9.67. The lowest BCUT2D eigenvalue weighted by atomic mass is 9.72. The molecule has 1 aliphatic carbocycles. The van der Waals surface area contributed by atoms with Gasteiger partial charge >= 0.3 is 0 Å². The number of fused-ring (bicyclic) bond motifs is 1. The molecular formula is C13H16ClNO2. The van der Waals surface area contributed by atoms with Gasteiger partial charge in [-0.05, 0) is 25.3 Å². The van der Waals surface area contributed by atoms with Crippen LogP contribution in [-0.4, -0.2) is 13.2 Å². The largest absolute Gasteiger partial charge is 0.489 e. The molecule has 1 aliphatic heterocycles. The van der Waals surface area contributed by atoms with Crippen molar-refractivity contribution < 1.29 is 9.47 Å². The Morgan fingerprint density at radius 3 is 2.41 bits per heavy atom. The molecule has 0 saturated heterocycles. The molecule has 1 fully saturated rings. The number of hydrogen-bond acceptors (Lipinski definition) is 3. The first-order valence-electron chi connectivity index (χ1n) is 6.08. The van der Waals surface area contributed by atoms with Crippen LogP contribution in [0.1, 0.15) is 31.2 Å². The van der Waals surface area contributed by atoms with E-state index in [4.69, 9.17) is 26.8 Å². The first-order chi connectivity index (χ1) is 8.21. The minimum Gasteiger partial charge on any atom is -0.489 e. The van der Waals surface area contributed by atoms with Crippen LogP contribution in [0.2, 0.25) is 5.02 Å². The molecule has 1 saturated carbocycles. The standard InChI is InChI=1S/C13H16ClNO2/c14-10-4-3-9(13(15)5-1-6-13)11-12(10)17-8-2-7-16-11/h3-4H,1-2,5-8,15H2. The second-order valence-electron chi connectivity index (χ2n) is 4.81. The minimum atomic E-state index is -0.248.